The molecule has 14 nitrogen and oxygen atoms in total. The summed E-state index contributed by atoms with van der Waals surface area (Å²) >= 11 is 0. The molecule has 0 bridgehead atoms. The van der Waals surface area contributed by atoms with Crippen molar-refractivity contribution in [2.24, 2.45) is 11.5 Å². The second-order valence-corrected chi connectivity index (χ2v) is 10.4. The summed E-state index contributed by atoms with van der Waals surface area (Å²) in [4.78, 5) is 62.5. The number of rotatable bonds is 16. The molecule has 230 valence electrons. The Bertz CT molecular complexity index is 1010. The Kier molecular flexibility index (Phi) is 15.0. The van der Waals surface area contributed by atoms with Gasteiger partial charge in [0.2, 0.25) is 11.8 Å². The number of nitrogens with two attached hydrogens (primary N) is 2. The molecule has 14 heteroatoms. The molecule has 0 spiro atoms. The third-order valence-electron chi connectivity index (χ3n) is 5.73. The lowest BCUT2D eigenvalue weighted by atomic mass is 10.0. The molecule has 0 saturated heterocycles. The van der Waals surface area contributed by atoms with Crippen molar-refractivity contribution in [1.82, 2.24) is 21.3 Å². The van der Waals surface area contributed by atoms with Gasteiger partial charge in [-0.2, -0.15) is 0 Å². The molecule has 1 rings (SSSR count). The Labute approximate surface area is 240 Å². The van der Waals surface area contributed by atoms with Crippen molar-refractivity contribution < 1.29 is 38.6 Å². The second-order valence-electron chi connectivity index (χ2n) is 10.4. The highest BCUT2D eigenvalue weighted by Crippen LogP contribution is 2.13. The van der Waals surface area contributed by atoms with Crippen molar-refractivity contribution in [1.29, 1.82) is 0 Å². The highest BCUT2D eigenvalue weighted by Gasteiger charge is 2.30. The van der Waals surface area contributed by atoms with Crippen LogP contribution >= 0.6 is 0 Å². The summed E-state index contributed by atoms with van der Waals surface area (Å²) in [5.41, 5.74) is 10.5. The molecule has 0 radical (unpaired) electrons. The van der Waals surface area contributed by atoms with Gasteiger partial charge in [0.05, 0.1) is 7.11 Å². The lowest BCUT2D eigenvalue weighted by Gasteiger charge is -2.26. The van der Waals surface area contributed by atoms with Gasteiger partial charge in [0.1, 0.15) is 29.5 Å². The lowest BCUT2D eigenvalue weighted by molar-refractivity contribution is -0.145. The fourth-order valence-corrected chi connectivity index (χ4v) is 3.75. The molecular weight excluding hydrogens is 536 g/mol. The summed E-state index contributed by atoms with van der Waals surface area (Å²) in [5, 5.41) is 19.8. The zero-order chi connectivity index (χ0) is 31.0. The molecule has 0 aliphatic heterocycles. The molecule has 1 aromatic carbocycles. The molecule has 0 aliphatic carbocycles. The first-order valence-electron chi connectivity index (χ1n) is 13.4. The third kappa shape index (κ3) is 14.8. The van der Waals surface area contributed by atoms with Crippen LogP contribution in [0, 0.1) is 0 Å². The van der Waals surface area contributed by atoms with E-state index in [1.54, 1.807) is 32.9 Å². The smallest absolute Gasteiger partial charge is 0.408 e. The first-order chi connectivity index (χ1) is 19.2. The number of hydrogen-bond donors (Lipinski definition) is 7. The Morgan fingerprint density at radius 1 is 0.878 bits per heavy atom. The van der Waals surface area contributed by atoms with E-state index >= 15 is 0 Å². The molecule has 0 saturated carbocycles. The fraction of sp³-hybridized carbons (Fsp3) is 0.593. The number of hydrogen-bond acceptors (Lipinski definition) is 9. The van der Waals surface area contributed by atoms with E-state index in [9.17, 15) is 29.1 Å². The number of ether oxygens (including phenoxy) is 2. The van der Waals surface area contributed by atoms with Gasteiger partial charge in [-0.3, -0.25) is 9.59 Å². The van der Waals surface area contributed by atoms with Gasteiger partial charge in [0.25, 0.3) is 0 Å². The maximum Gasteiger partial charge on any atom is 0.408 e. The number of urea groups is 1. The predicted octanol–water partition coefficient (Wildman–Crippen LogP) is 0.548. The van der Waals surface area contributed by atoms with Crippen LogP contribution in [0.4, 0.5) is 9.59 Å². The largest absolute Gasteiger partial charge is 0.508 e. The van der Waals surface area contributed by atoms with Gasteiger partial charge in [-0.05, 0) is 77.1 Å². The van der Waals surface area contributed by atoms with Crippen LogP contribution in [0.15, 0.2) is 24.3 Å². The molecular formula is C27H44N6O8. The zero-order valence-corrected chi connectivity index (χ0v) is 24.2. The van der Waals surface area contributed by atoms with Crippen molar-refractivity contribution >= 4 is 29.9 Å². The third-order valence-corrected chi connectivity index (χ3v) is 5.73. The molecule has 1 aromatic rings. The van der Waals surface area contributed by atoms with E-state index in [1.165, 1.54) is 19.2 Å². The Balaban J connectivity index is 3.08. The first kappa shape index (κ1) is 35.0. The number of carbonyl (C=O) groups is 5. The van der Waals surface area contributed by atoms with Crippen LogP contribution in [0.5, 0.6) is 5.75 Å². The fourth-order valence-electron chi connectivity index (χ4n) is 3.75. The van der Waals surface area contributed by atoms with Crippen LogP contribution < -0.4 is 32.7 Å². The number of phenolic OH excluding ortho intramolecular Hbond substituents is 1. The first-order valence-corrected chi connectivity index (χ1v) is 13.4. The second kappa shape index (κ2) is 17.6. The van der Waals surface area contributed by atoms with Crippen molar-refractivity contribution in [3.8, 4) is 5.75 Å². The average Bonchev–Trinajstić information content (AvgIpc) is 2.88. The van der Waals surface area contributed by atoms with E-state index in [2.05, 4.69) is 21.3 Å². The van der Waals surface area contributed by atoms with Crippen LogP contribution in [-0.2, 0) is 30.3 Å². The quantitative estimate of drug-likeness (QED) is 0.107. The average molecular weight is 581 g/mol. The highest BCUT2D eigenvalue weighted by atomic mass is 16.6. The van der Waals surface area contributed by atoms with E-state index in [-0.39, 0.29) is 38.0 Å². The maximum atomic E-state index is 13.3. The predicted molar refractivity (Wildman–Crippen MR) is 151 cm³/mol. The monoisotopic (exact) mass is 580 g/mol. The SMILES string of the molecule is COC(=O)[C@H](Cc1ccc(O)cc1)NC(=O)[C@H](CCCCN)NC(=O)[C@H](CCCNC(N)=O)NC(=O)OC(C)(C)C. The molecule has 0 fully saturated rings. The number of esters is 1. The minimum Gasteiger partial charge on any atom is -0.508 e. The number of methoxy groups -OCH3 is 1. The number of amides is 5. The standard InChI is InChI=1S/C27H44N6O8/c1-27(2,3)41-26(39)33-20(9-7-15-30-25(29)38)23(36)31-19(8-5-6-14-28)22(35)32-21(24(37)40-4)16-17-10-12-18(34)13-11-17/h10-13,19-21,34H,5-9,14-16,28H2,1-4H3,(H,31,36)(H,32,35)(H,33,39)(H3,29,30,38)/t19-,20-,21-/m0/s1. The number of carbonyl (C=O) groups excluding carboxylic acids is 5. The summed E-state index contributed by atoms with van der Waals surface area (Å²) in [6, 6.07) is 2.17. The van der Waals surface area contributed by atoms with Crippen LogP contribution in [0.2, 0.25) is 0 Å². The molecule has 0 aliphatic rings. The van der Waals surface area contributed by atoms with E-state index in [0.717, 1.165) is 0 Å². The molecule has 9 N–H and O–H groups in total. The van der Waals surface area contributed by atoms with Crippen LogP contribution in [-0.4, -0.2) is 78.9 Å². The van der Waals surface area contributed by atoms with Crippen molar-refractivity contribution in [2.45, 2.75) is 83.0 Å². The van der Waals surface area contributed by atoms with Gasteiger partial charge in [0.15, 0.2) is 0 Å². The molecule has 0 aromatic heterocycles. The summed E-state index contributed by atoms with van der Waals surface area (Å²) in [7, 11) is 1.19. The Morgan fingerprint density at radius 2 is 1.44 bits per heavy atom. The van der Waals surface area contributed by atoms with E-state index in [4.69, 9.17) is 20.9 Å². The van der Waals surface area contributed by atoms with Crippen LogP contribution in [0.3, 0.4) is 0 Å². The number of aromatic hydroxyl groups is 1. The van der Waals surface area contributed by atoms with E-state index in [1.807, 2.05) is 0 Å². The topological polar surface area (TPSA) is 224 Å². The number of primary amides is 1. The number of alkyl carbamates (subject to hydrolysis) is 1. The van der Waals surface area contributed by atoms with Gasteiger partial charge < -0.3 is 47.3 Å². The molecule has 41 heavy (non-hydrogen) atoms. The zero-order valence-electron chi connectivity index (χ0n) is 24.2. The summed E-state index contributed by atoms with van der Waals surface area (Å²) in [5.74, 6) is -1.92. The number of phenols is 1. The van der Waals surface area contributed by atoms with Gasteiger partial charge in [-0.1, -0.05) is 12.1 Å². The Morgan fingerprint density at radius 3 is 1.98 bits per heavy atom. The van der Waals surface area contributed by atoms with Crippen molar-refractivity contribution in [3.05, 3.63) is 29.8 Å². The summed E-state index contributed by atoms with van der Waals surface area (Å²) in [6.07, 6.45) is 0.951. The lowest BCUT2D eigenvalue weighted by Crippen LogP contribution is -2.56. The molecule has 0 unspecified atom stereocenters. The van der Waals surface area contributed by atoms with E-state index in [0.29, 0.717) is 24.9 Å². The normalized spacial score (nSPS) is 13.2. The van der Waals surface area contributed by atoms with Crippen molar-refractivity contribution in [2.75, 3.05) is 20.2 Å². The number of nitrogens with one attached hydrogen (secondary N) is 4. The van der Waals surface area contributed by atoms with Gasteiger partial charge >= 0.3 is 18.1 Å². The molecule has 5 amide bonds. The highest BCUT2D eigenvalue weighted by molar-refractivity contribution is 5.93. The minimum absolute atomic E-state index is 0.0510. The van der Waals surface area contributed by atoms with Gasteiger partial charge in [-0.15, -0.1) is 0 Å². The number of unbranched alkanes of at least 4 members (excludes halogenated alkanes) is 1. The maximum absolute atomic E-state index is 13.3. The summed E-state index contributed by atoms with van der Waals surface area (Å²) < 4.78 is 10.1. The van der Waals surface area contributed by atoms with Crippen molar-refractivity contribution in [3.63, 3.8) is 0 Å². The Hall–Kier alpha value is -4.07. The molecule has 0 heterocycles. The van der Waals surface area contributed by atoms with Gasteiger partial charge in [-0.25, -0.2) is 14.4 Å². The van der Waals surface area contributed by atoms with E-state index < -0.39 is 53.6 Å². The molecule has 3 atom stereocenters. The summed E-state index contributed by atoms with van der Waals surface area (Å²) in [6.45, 7) is 5.56. The minimum atomic E-state index is -1.10. The van der Waals surface area contributed by atoms with Crippen LogP contribution in [0.1, 0.15) is 58.4 Å². The number of benzene rings is 1. The van der Waals surface area contributed by atoms with Gasteiger partial charge in [0, 0.05) is 13.0 Å². The van der Waals surface area contributed by atoms with Crippen LogP contribution in [0.25, 0.3) is 0 Å².